The Morgan fingerprint density at radius 1 is 0.600 bits per heavy atom. The van der Waals surface area contributed by atoms with Gasteiger partial charge in [0, 0.05) is 90.4 Å². The molecule has 1 radical (unpaired) electrons. The Bertz CT molecular complexity index is 1910. The fraction of sp³-hybridized carbons (Fsp3) is 0.833. The van der Waals surface area contributed by atoms with Gasteiger partial charge in [-0.05, 0) is 72.7 Å². The molecule has 8 aliphatic rings. The fourth-order valence-electron chi connectivity index (χ4n) is 15.2. The van der Waals surface area contributed by atoms with E-state index >= 15 is 0 Å². The summed E-state index contributed by atoms with van der Waals surface area (Å²) in [6.07, 6.45) is -6.55. The summed E-state index contributed by atoms with van der Waals surface area (Å²) in [5.74, 6) is -3.62. The molecule has 0 aromatic heterocycles. The summed E-state index contributed by atoms with van der Waals surface area (Å²) in [6.45, 7) is 22.0. The molecule has 6 N–H and O–H groups in total. The maximum absolute atomic E-state index is 14.1. The third kappa shape index (κ3) is 6.72. The number of methoxy groups -OCH3 is 2. The predicted molar refractivity (Wildman–Crippen MR) is 227 cm³/mol. The fourth-order valence-corrected chi connectivity index (χ4v) is 15.2. The average Bonchev–Trinajstić information content (AvgIpc) is 3.21. The zero-order valence-electron chi connectivity index (χ0n) is 40.5. The van der Waals surface area contributed by atoms with Gasteiger partial charge in [0.25, 0.3) is 0 Å². The average molecular weight is 1130 g/mol. The van der Waals surface area contributed by atoms with E-state index in [2.05, 4.69) is 0 Å². The van der Waals surface area contributed by atoms with Crippen LogP contribution in [0.25, 0.3) is 0 Å². The van der Waals surface area contributed by atoms with E-state index in [9.17, 15) is 49.8 Å². The largest absolute Gasteiger partial charge is 0.508 e. The van der Waals surface area contributed by atoms with E-state index < -0.39 is 117 Å². The summed E-state index contributed by atoms with van der Waals surface area (Å²) in [6, 6.07) is 0. The number of fused-ring (bicyclic) bond motifs is 10. The first-order valence-electron chi connectivity index (χ1n) is 22.8. The molecule has 0 aromatic carbocycles. The molecule has 16 nitrogen and oxygen atoms in total. The Kier molecular flexibility index (Phi) is 13.7. The van der Waals surface area contributed by atoms with E-state index in [-0.39, 0.29) is 93.5 Å². The summed E-state index contributed by atoms with van der Waals surface area (Å²) in [7, 11) is 2.45. The minimum atomic E-state index is -1.48. The second kappa shape index (κ2) is 16.8. The van der Waals surface area contributed by atoms with E-state index in [1.54, 1.807) is 13.8 Å². The first-order chi connectivity index (χ1) is 29.4. The molecule has 65 heavy (non-hydrogen) atoms. The molecular formula is C48H72AcO16. The predicted octanol–water partition coefficient (Wildman–Crippen LogP) is 3.97. The summed E-state index contributed by atoms with van der Waals surface area (Å²) >= 11 is 0. The van der Waals surface area contributed by atoms with Crippen LogP contribution in [0.2, 0.25) is 0 Å². The number of carbonyl (C=O) groups is 4. The van der Waals surface area contributed by atoms with Crippen LogP contribution in [0.1, 0.15) is 109 Å². The maximum Gasteiger partial charge on any atom is 0.508 e. The number of carbonyl (C=O) groups excluding carboxylic acids is 4. The Balaban J connectivity index is 0.000000212. The smallest absolute Gasteiger partial charge is 0.438 e. The standard InChI is InChI=1S/2C24H36O8.Ac/c2*1-11-8-15-23(10-31-15,32-20(28)30-7)18-13(3)24(29)9-14(25)12(2)16(21(24,4)5)17(26)19(27)22(11,18)6;/h2*11,13-15,17-18,25-26,29H,8-10H2,1-7H3;. The number of hydrogen-bond donors (Lipinski definition) is 6. The minimum absolute atomic E-state index is 0. The molecule has 17 heteroatoms. The summed E-state index contributed by atoms with van der Waals surface area (Å²) in [5.41, 5.74) is -7.67. The van der Waals surface area contributed by atoms with E-state index in [0.29, 0.717) is 35.1 Å². The molecule has 0 spiro atoms. The Labute approximate surface area is 418 Å². The van der Waals surface area contributed by atoms with E-state index in [4.69, 9.17) is 28.4 Å². The van der Waals surface area contributed by atoms with Crippen molar-refractivity contribution in [3.63, 3.8) is 0 Å². The minimum Gasteiger partial charge on any atom is -0.438 e. The molecule has 18 unspecified atom stereocenters. The van der Waals surface area contributed by atoms with Gasteiger partial charge >= 0.3 is 12.3 Å². The normalized spacial score (nSPS) is 49.0. The number of Topliss-reactive ketones (excluding diaryl/α,β-unsaturated/α-hetero) is 2. The molecule has 18 atom stereocenters. The van der Waals surface area contributed by atoms with Crippen molar-refractivity contribution in [3.8, 4) is 0 Å². The van der Waals surface area contributed by atoms with Crippen LogP contribution >= 0.6 is 0 Å². The van der Waals surface area contributed by atoms with Gasteiger partial charge in [0.05, 0.1) is 50.8 Å². The first-order valence-corrected chi connectivity index (χ1v) is 22.8. The maximum atomic E-state index is 14.1. The number of ketones is 2. The molecular weight excluding hydrogens is 1060 g/mol. The number of aliphatic hydroxyl groups excluding tert-OH is 4. The Morgan fingerprint density at radius 2 is 0.908 bits per heavy atom. The quantitative estimate of drug-likeness (QED) is 0.169. The molecule has 0 aromatic rings. The van der Waals surface area contributed by atoms with Gasteiger partial charge in [-0.15, -0.1) is 0 Å². The zero-order valence-corrected chi connectivity index (χ0v) is 45.3. The van der Waals surface area contributed by atoms with Gasteiger partial charge in [0.1, 0.15) is 24.4 Å². The number of hydrogen-bond acceptors (Lipinski definition) is 16. The van der Waals surface area contributed by atoms with Gasteiger partial charge in [-0.25, -0.2) is 9.59 Å². The zero-order chi connectivity index (χ0) is 48.0. The van der Waals surface area contributed by atoms with Crippen molar-refractivity contribution < 1.29 is 122 Å². The third-order valence-electron chi connectivity index (χ3n) is 19.5. The molecule has 8 rings (SSSR count). The van der Waals surface area contributed by atoms with Gasteiger partial charge in [0.2, 0.25) is 0 Å². The van der Waals surface area contributed by atoms with Crippen molar-refractivity contribution in [2.75, 3.05) is 27.4 Å². The van der Waals surface area contributed by atoms with Crippen molar-refractivity contribution in [1.29, 1.82) is 0 Å². The second-order valence-electron chi connectivity index (χ2n) is 22.3. The van der Waals surface area contributed by atoms with Crippen molar-refractivity contribution in [2.45, 2.75) is 168 Å². The summed E-state index contributed by atoms with van der Waals surface area (Å²) < 4.78 is 32.9. The Morgan fingerprint density at radius 3 is 1.17 bits per heavy atom. The molecule has 2 heterocycles. The monoisotopic (exact) mass is 1130 g/mol. The molecule has 6 fully saturated rings. The van der Waals surface area contributed by atoms with Crippen LogP contribution in [0.5, 0.6) is 0 Å². The molecule has 4 saturated carbocycles. The molecule has 363 valence electrons. The van der Waals surface area contributed by atoms with Crippen LogP contribution in [-0.4, -0.2) is 141 Å². The second-order valence-corrected chi connectivity index (χ2v) is 22.3. The van der Waals surface area contributed by atoms with Crippen LogP contribution in [0.15, 0.2) is 22.3 Å². The van der Waals surface area contributed by atoms with Crippen molar-refractivity contribution in [2.24, 2.45) is 57.2 Å². The molecule has 2 saturated heterocycles. The van der Waals surface area contributed by atoms with Crippen molar-refractivity contribution in [3.05, 3.63) is 22.3 Å². The number of rotatable bonds is 2. The van der Waals surface area contributed by atoms with Gasteiger partial charge in [-0.2, -0.15) is 0 Å². The van der Waals surface area contributed by atoms with Crippen molar-refractivity contribution >= 4 is 23.9 Å². The molecule has 2 aliphatic heterocycles. The summed E-state index contributed by atoms with van der Waals surface area (Å²) in [5, 5.41) is 69.0. The molecule has 6 aliphatic carbocycles. The van der Waals surface area contributed by atoms with Crippen LogP contribution < -0.4 is 0 Å². The van der Waals surface area contributed by atoms with Gasteiger partial charge in [0.15, 0.2) is 22.8 Å². The van der Waals surface area contributed by atoms with Crippen LogP contribution in [-0.2, 0) is 38.0 Å². The van der Waals surface area contributed by atoms with E-state index in [1.807, 2.05) is 69.2 Å². The number of aliphatic hydroxyl groups is 6. The number of ether oxygens (including phenoxy) is 6. The molecule has 0 amide bonds. The van der Waals surface area contributed by atoms with Gasteiger partial charge < -0.3 is 59.1 Å². The topological polar surface area (TPSA) is 245 Å². The van der Waals surface area contributed by atoms with Gasteiger partial charge in [-0.3, -0.25) is 9.59 Å². The van der Waals surface area contributed by atoms with E-state index in [1.165, 1.54) is 14.2 Å². The first kappa shape index (κ1) is 52.8. The van der Waals surface area contributed by atoms with Crippen molar-refractivity contribution in [1.82, 2.24) is 0 Å². The van der Waals surface area contributed by atoms with Crippen LogP contribution in [0.3, 0.4) is 0 Å². The van der Waals surface area contributed by atoms with Crippen LogP contribution in [0.4, 0.5) is 9.59 Å². The SMILES string of the molecule is COC(=O)OC12COC1CC(C)C1(C)C(=O)C(O)C3=C(C)C(O)CC(O)(C(C)C21)C3(C)C.COC(=O)OC12COC1CC(C)C1(C)C(=O)C(O)C3=C(C)C(O)CC(O)(C(C)C21)C3(C)C.[Ac]. The summed E-state index contributed by atoms with van der Waals surface area (Å²) in [4.78, 5) is 52.7. The molecule has 4 bridgehead atoms. The van der Waals surface area contributed by atoms with E-state index in [0.717, 1.165) is 0 Å². The Hall–Kier alpha value is -1.52. The van der Waals surface area contributed by atoms with Crippen LogP contribution in [0, 0.1) is 101 Å². The van der Waals surface area contributed by atoms with Gasteiger partial charge in [-0.1, -0.05) is 69.2 Å². The third-order valence-corrected chi connectivity index (χ3v) is 19.5.